The van der Waals surface area contributed by atoms with Crippen LogP contribution in [0.15, 0.2) is 40.9 Å². The van der Waals surface area contributed by atoms with Crippen LogP contribution in [0.3, 0.4) is 0 Å². The minimum atomic E-state index is -0.438. The fourth-order valence-electron chi connectivity index (χ4n) is 4.33. The highest BCUT2D eigenvalue weighted by molar-refractivity contribution is 5.72. The number of nitrogens with two attached hydrogens (primary N) is 1. The number of hydrogen-bond acceptors (Lipinski definition) is 7. The lowest BCUT2D eigenvalue weighted by atomic mass is 10.0. The number of primary amides is 1. The standard InChI is InChI=1S/C21H19N3O2.C5H10N2O2/c1-13(2)25-19-10-9-15(11-16(19)12-22)21-23-20(24-26-21)18-8-4-6-14-5-3-7-17(14)18;6-5(9)7-2-1-4(8)3-7/h4,6,8-11,13H,3,5,7H2,1-2H3;4,8H,1-3H2,(H2,6,9). The number of hydrogen-bond donors (Lipinski definition) is 2. The number of aromatic nitrogens is 2. The van der Waals surface area contributed by atoms with Crippen molar-refractivity contribution in [2.45, 2.75) is 51.7 Å². The number of likely N-dealkylation sites (tertiary alicyclic amines) is 1. The number of carbonyl (C=O) groups excluding carboxylic acids is 1. The third kappa shape index (κ3) is 5.61. The summed E-state index contributed by atoms with van der Waals surface area (Å²) in [6.45, 7) is 4.85. The number of benzene rings is 2. The Morgan fingerprint density at radius 3 is 2.80 bits per heavy atom. The minimum Gasteiger partial charge on any atom is -0.490 e. The molecule has 9 heteroatoms. The molecule has 1 aliphatic heterocycles. The first kappa shape index (κ1) is 24.2. The van der Waals surface area contributed by atoms with E-state index in [1.54, 1.807) is 12.1 Å². The molecule has 0 radical (unpaired) electrons. The smallest absolute Gasteiger partial charge is 0.314 e. The van der Waals surface area contributed by atoms with Gasteiger partial charge in [0.1, 0.15) is 11.8 Å². The molecule has 9 nitrogen and oxygen atoms in total. The van der Waals surface area contributed by atoms with Gasteiger partial charge in [-0.1, -0.05) is 23.4 Å². The largest absolute Gasteiger partial charge is 0.490 e. The van der Waals surface area contributed by atoms with Gasteiger partial charge in [0, 0.05) is 24.2 Å². The van der Waals surface area contributed by atoms with E-state index in [2.05, 4.69) is 22.3 Å². The van der Waals surface area contributed by atoms with E-state index in [9.17, 15) is 10.1 Å². The van der Waals surface area contributed by atoms with Gasteiger partial charge in [-0.25, -0.2) is 4.79 Å². The zero-order chi connectivity index (χ0) is 24.9. The molecule has 1 saturated heterocycles. The van der Waals surface area contributed by atoms with Gasteiger partial charge in [-0.3, -0.25) is 0 Å². The Bertz CT molecular complexity index is 1250. The van der Waals surface area contributed by atoms with Crippen LogP contribution < -0.4 is 10.5 Å². The monoisotopic (exact) mass is 475 g/mol. The van der Waals surface area contributed by atoms with E-state index in [4.69, 9.17) is 20.1 Å². The molecule has 1 unspecified atom stereocenters. The number of urea groups is 1. The van der Waals surface area contributed by atoms with Crippen molar-refractivity contribution in [1.29, 1.82) is 5.26 Å². The summed E-state index contributed by atoms with van der Waals surface area (Å²) in [5.74, 6) is 1.56. The fourth-order valence-corrected chi connectivity index (χ4v) is 4.33. The van der Waals surface area contributed by atoms with Gasteiger partial charge in [-0.15, -0.1) is 0 Å². The summed E-state index contributed by atoms with van der Waals surface area (Å²) in [4.78, 5) is 16.4. The summed E-state index contributed by atoms with van der Waals surface area (Å²) in [7, 11) is 0. The zero-order valence-electron chi connectivity index (χ0n) is 19.9. The Kier molecular flexibility index (Phi) is 7.32. The second kappa shape index (κ2) is 10.6. The third-order valence-corrected chi connectivity index (χ3v) is 6.00. The maximum atomic E-state index is 10.4. The van der Waals surface area contributed by atoms with Gasteiger partial charge in [0.25, 0.3) is 5.89 Å². The van der Waals surface area contributed by atoms with Crippen molar-refractivity contribution < 1.29 is 19.2 Å². The van der Waals surface area contributed by atoms with Crippen LogP contribution in [0, 0.1) is 11.3 Å². The first-order valence-electron chi connectivity index (χ1n) is 11.7. The number of amides is 2. The zero-order valence-corrected chi connectivity index (χ0v) is 19.9. The average molecular weight is 476 g/mol. The Balaban J connectivity index is 0.000000271. The van der Waals surface area contributed by atoms with Crippen LogP contribution in [0.1, 0.15) is 43.4 Å². The second-order valence-electron chi connectivity index (χ2n) is 8.94. The first-order chi connectivity index (χ1) is 16.9. The van der Waals surface area contributed by atoms with Crippen molar-refractivity contribution in [2.75, 3.05) is 13.1 Å². The molecule has 2 heterocycles. The first-order valence-corrected chi connectivity index (χ1v) is 11.7. The molecular weight excluding hydrogens is 446 g/mol. The normalized spacial score (nSPS) is 16.4. The van der Waals surface area contributed by atoms with Crippen molar-refractivity contribution in [3.8, 4) is 34.7 Å². The molecule has 0 spiro atoms. The quantitative estimate of drug-likeness (QED) is 0.587. The maximum absolute atomic E-state index is 10.4. The molecular formula is C26H29N5O4. The fraction of sp³-hybridized carbons (Fsp3) is 0.385. The number of rotatable bonds is 4. The lowest BCUT2D eigenvalue weighted by Gasteiger charge is -2.11. The van der Waals surface area contributed by atoms with Crippen LogP contribution in [0.25, 0.3) is 22.8 Å². The number of aliphatic hydroxyl groups is 1. The van der Waals surface area contributed by atoms with E-state index in [1.165, 1.54) is 22.4 Å². The number of nitrogens with zero attached hydrogens (tertiary/aromatic N) is 4. The molecule has 1 aromatic heterocycles. The van der Waals surface area contributed by atoms with Gasteiger partial charge >= 0.3 is 6.03 Å². The molecule has 0 bridgehead atoms. The molecule has 2 aromatic carbocycles. The van der Waals surface area contributed by atoms with E-state index in [0.29, 0.717) is 48.1 Å². The van der Waals surface area contributed by atoms with E-state index < -0.39 is 6.03 Å². The van der Waals surface area contributed by atoms with Crippen LogP contribution in [-0.4, -0.2) is 51.5 Å². The van der Waals surface area contributed by atoms with Gasteiger partial charge in [-0.05, 0) is 68.9 Å². The number of β-amino-alcohol motifs (C(OH)–C–C–N with tert-alkyl or cyclic N) is 1. The topological polar surface area (TPSA) is 138 Å². The SMILES string of the molecule is CC(C)Oc1ccc(-c2nc(-c3cccc4c3CCC4)no2)cc1C#N.NC(=O)N1CCC(O)C1. The van der Waals surface area contributed by atoms with Crippen molar-refractivity contribution in [1.82, 2.24) is 15.0 Å². The lowest BCUT2D eigenvalue weighted by Crippen LogP contribution is -2.34. The van der Waals surface area contributed by atoms with Crippen LogP contribution in [-0.2, 0) is 12.8 Å². The molecule has 3 aromatic rings. The molecule has 2 amide bonds. The van der Waals surface area contributed by atoms with E-state index >= 15 is 0 Å². The summed E-state index contributed by atoms with van der Waals surface area (Å²) in [6, 6.07) is 13.3. The summed E-state index contributed by atoms with van der Waals surface area (Å²) in [5.41, 5.74) is 9.83. The highest BCUT2D eigenvalue weighted by atomic mass is 16.5. The number of ether oxygens (including phenoxy) is 1. The summed E-state index contributed by atoms with van der Waals surface area (Å²) >= 11 is 0. The second-order valence-corrected chi connectivity index (χ2v) is 8.94. The molecule has 3 N–H and O–H groups in total. The van der Waals surface area contributed by atoms with Crippen molar-refractivity contribution in [2.24, 2.45) is 5.73 Å². The Labute approximate surface area is 204 Å². The van der Waals surface area contributed by atoms with Crippen molar-refractivity contribution in [3.63, 3.8) is 0 Å². The predicted octanol–water partition coefficient (Wildman–Crippen LogP) is 3.68. The third-order valence-electron chi connectivity index (χ3n) is 6.00. The van der Waals surface area contributed by atoms with Gasteiger partial charge in [0.05, 0.1) is 17.8 Å². The minimum absolute atomic E-state index is 0.00290. The summed E-state index contributed by atoms with van der Waals surface area (Å²) in [6.07, 6.45) is 3.62. The summed E-state index contributed by atoms with van der Waals surface area (Å²) in [5, 5.41) is 22.5. The molecule has 2 aliphatic rings. The number of nitriles is 1. The molecule has 1 aliphatic carbocycles. The van der Waals surface area contributed by atoms with Crippen LogP contribution >= 0.6 is 0 Å². The Morgan fingerprint density at radius 1 is 1.31 bits per heavy atom. The van der Waals surface area contributed by atoms with E-state index in [0.717, 1.165) is 18.4 Å². The number of aliphatic hydroxyl groups excluding tert-OH is 1. The predicted molar refractivity (Wildman–Crippen MR) is 129 cm³/mol. The van der Waals surface area contributed by atoms with Crippen molar-refractivity contribution in [3.05, 3.63) is 53.1 Å². The van der Waals surface area contributed by atoms with Crippen LogP contribution in [0.5, 0.6) is 5.75 Å². The van der Waals surface area contributed by atoms with E-state index in [-0.39, 0.29) is 12.2 Å². The molecule has 1 atom stereocenters. The van der Waals surface area contributed by atoms with Gasteiger partial charge in [0.15, 0.2) is 0 Å². The molecule has 0 saturated carbocycles. The number of carbonyl (C=O) groups is 1. The number of fused-ring (bicyclic) bond motifs is 1. The maximum Gasteiger partial charge on any atom is 0.314 e. The molecule has 35 heavy (non-hydrogen) atoms. The Hall–Kier alpha value is -3.90. The highest BCUT2D eigenvalue weighted by Gasteiger charge is 2.22. The average Bonchev–Trinajstić information content (AvgIpc) is 3.59. The molecule has 5 rings (SSSR count). The van der Waals surface area contributed by atoms with Gasteiger partial charge < -0.3 is 25.0 Å². The Morgan fingerprint density at radius 2 is 2.14 bits per heavy atom. The highest BCUT2D eigenvalue weighted by Crippen LogP contribution is 2.33. The lowest BCUT2D eigenvalue weighted by molar-refractivity contribution is 0.175. The molecule has 1 fully saturated rings. The summed E-state index contributed by atoms with van der Waals surface area (Å²) < 4.78 is 11.1. The van der Waals surface area contributed by atoms with Gasteiger partial charge in [-0.2, -0.15) is 10.2 Å². The van der Waals surface area contributed by atoms with Crippen molar-refractivity contribution >= 4 is 6.03 Å². The van der Waals surface area contributed by atoms with Crippen LogP contribution in [0.4, 0.5) is 4.79 Å². The van der Waals surface area contributed by atoms with E-state index in [1.807, 2.05) is 32.0 Å². The molecule has 182 valence electrons. The number of aryl methyl sites for hydroxylation is 1. The van der Waals surface area contributed by atoms with Crippen LogP contribution in [0.2, 0.25) is 0 Å². The van der Waals surface area contributed by atoms with Gasteiger partial charge in [0.2, 0.25) is 5.82 Å².